The molecule has 1 amide bonds. The molecule has 24 heavy (non-hydrogen) atoms. The molecule has 0 saturated heterocycles. The SMILES string of the molecule is O=C(Cc1cc(Cl)c2c(c1)OCCCO2)Nc1nnc(C(F)F)s1. The zero-order valence-electron chi connectivity index (χ0n) is 12.2. The Labute approximate surface area is 144 Å². The van der Waals surface area contributed by atoms with Crippen LogP contribution in [0.25, 0.3) is 0 Å². The van der Waals surface area contributed by atoms with Gasteiger partial charge in [0, 0.05) is 6.42 Å². The number of ether oxygens (including phenoxy) is 2. The first-order valence-electron chi connectivity index (χ1n) is 7.02. The average molecular weight is 376 g/mol. The molecule has 3 rings (SSSR count). The third-order valence-corrected chi connectivity index (χ3v) is 4.23. The van der Waals surface area contributed by atoms with Crippen LogP contribution in [0.15, 0.2) is 12.1 Å². The summed E-state index contributed by atoms with van der Waals surface area (Å²) in [7, 11) is 0. The normalized spacial score (nSPS) is 13.7. The van der Waals surface area contributed by atoms with Crippen molar-refractivity contribution in [3.8, 4) is 11.5 Å². The number of hydrogen-bond donors (Lipinski definition) is 1. The Morgan fingerprint density at radius 3 is 2.88 bits per heavy atom. The third-order valence-electron chi connectivity index (χ3n) is 3.10. The van der Waals surface area contributed by atoms with E-state index in [-0.39, 0.29) is 11.6 Å². The number of carbonyl (C=O) groups excluding carboxylic acids is 1. The van der Waals surface area contributed by atoms with Crippen molar-refractivity contribution in [1.29, 1.82) is 0 Å². The minimum atomic E-state index is -2.71. The van der Waals surface area contributed by atoms with Crippen LogP contribution in [0.5, 0.6) is 11.5 Å². The largest absolute Gasteiger partial charge is 0.489 e. The van der Waals surface area contributed by atoms with Crippen LogP contribution < -0.4 is 14.8 Å². The molecule has 2 heterocycles. The Hall–Kier alpha value is -2.00. The summed E-state index contributed by atoms with van der Waals surface area (Å²) in [5.74, 6) is 0.528. The molecule has 0 bridgehead atoms. The second-order valence-corrected chi connectivity index (χ2v) is 6.34. The maximum Gasteiger partial charge on any atom is 0.291 e. The van der Waals surface area contributed by atoms with Crippen molar-refractivity contribution in [1.82, 2.24) is 10.2 Å². The molecular formula is C14H12ClF2N3O3S. The molecule has 1 N–H and O–H groups in total. The van der Waals surface area contributed by atoms with E-state index >= 15 is 0 Å². The van der Waals surface area contributed by atoms with Crippen LogP contribution in [0.4, 0.5) is 13.9 Å². The number of nitrogens with zero attached hydrogens (tertiary/aromatic N) is 2. The summed E-state index contributed by atoms with van der Waals surface area (Å²) in [4.78, 5) is 12.0. The molecule has 0 atom stereocenters. The van der Waals surface area contributed by atoms with Crippen LogP contribution in [-0.4, -0.2) is 29.3 Å². The number of carbonyl (C=O) groups is 1. The predicted molar refractivity (Wildman–Crippen MR) is 84.3 cm³/mol. The van der Waals surface area contributed by atoms with Crippen LogP contribution >= 0.6 is 22.9 Å². The number of benzene rings is 1. The Morgan fingerprint density at radius 1 is 1.33 bits per heavy atom. The van der Waals surface area contributed by atoms with Gasteiger partial charge >= 0.3 is 0 Å². The Kier molecular flexibility index (Phi) is 5.10. The number of fused-ring (bicyclic) bond motifs is 1. The van der Waals surface area contributed by atoms with Gasteiger partial charge in [0.2, 0.25) is 11.0 Å². The summed E-state index contributed by atoms with van der Waals surface area (Å²) in [5.41, 5.74) is 0.611. The molecule has 10 heteroatoms. The van der Waals surface area contributed by atoms with Gasteiger partial charge in [-0.15, -0.1) is 10.2 Å². The molecule has 2 aromatic rings. The number of amides is 1. The molecule has 1 aromatic carbocycles. The van der Waals surface area contributed by atoms with Gasteiger partial charge in [0.05, 0.1) is 24.7 Å². The van der Waals surface area contributed by atoms with Crippen molar-refractivity contribution >= 4 is 34.0 Å². The number of halogens is 3. The lowest BCUT2D eigenvalue weighted by molar-refractivity contribution is -0.115. The van der Waals surface area contributed by atoms with Gasteiger partial charge in [0.25, 0.3) is 6.43 Å². The lowest BCUT2D eigenvalue weighted by Gasteiger charge is -2.11. The average Bonchev–Trinajstić information content (AvgIpc) is 2.84. The van der Waals surface area contributed by atoms with E-state index in [0.29, 0.717) is 46.6 Å². The zero-order valence-corrected chi connectivity index (χ0v) is 13.8. The summed E-state index contributed by atoms with van der Waals surface area (Å²) >= 11 is 6.80. The molecule has 1 aliphatic heterocycles. The summed E-state index contributed by atoms with van der Waals surface area (Å²) in [6.07, 6.45) is -1.99. The number of aromatic nitrogens is 2. The summed E-state index contributed by atoms with van der Waals surface area (Å²) in [6.45, 7) is 1.01. The van der Waals surface area contributed by atoms with Crippen molar-refractivity contribution in [2.45, 2.75) is 19.3 Å². The number of rotatable bonds is 4. The number of nitrogens with one attached hydrogen (secondary N) is 1. The third kappa shape index (κ3) is 3.90. The molecule has 0 aliphatic carbocycles. The topological polar surface area (TPSA) is 73.3 Å². The minimum absolute atomic E-state index is 0.0139. The zero-order chi connectivity index (χ0) is 17.1. The fourth-order valence-corrected chi connectivity index (χ4v) is 3.01. The van der Waals surface area contributed by atoms with Crippen LogP contribution in [0.1, 0.15) is 23.4 Å². The standard InChI is InChI=1S/C14H12ClF2N3O3S/c15-8-4-7(5-9-11(8)23-3-1-2-22-9)6-10(21)18-14-20-19-13(24-14)12(16)17/h4-5,12H,1-3,6H2,(H,18,20,21). The van der Waals surface area contributed by atoms with Crippen LogP contribution in [0, 0.1) is 0 Å². The molecule has 0 unspecified atom stereocenters. The molecule has 0 fully saturated rings. The second-order valence-electron chi connectivity index (χ2n) is 4.93. The van der Waals surface area contributed by atoms with E-state index in [2.05, 4.69) is 15.5 Å². The van der Waals surface area contributed by atoms with E-state index in [1.54, 1.807) is 12.1 Å². The maximum absolute atomic E-state index is 12.5. The first-order valence-corrected chi connectivity index (χ1v) is 8.22. The van der Waals surface area contributed by atoms with Gasteiger partial charge in [-0.25, -0.2) is 8.78 Å². The highest BCUT2D eigenvalue weighted by atomic mass is 35.5. The minimum Gasteiger partial charge on any atom is -0.489 e. The Morgan fingerprint density at radius 2 is 2.12 bits per heavy atom. The highest BCUT2D eigenvalue weighted by molar-refractivity contribution is 7.15. The number of alkyl halides is 2. The van der Waals surface area contributed by atoms with Gasteiger partial charge in [-0.1, -0.05) is 22.9 Å². The van der Waals surface area contributed by atoms with Gasteiger partial charge in [0.1, 0.15) is 0 Å². The summed E-state index contributed by atoms with van der Waals surface area (Å²) in [6, 6.07) is 3.29. The molecular weight excluding hydrogens is 364 g/mol. The van der Waals surface area contributed by atoms with E-state index in [0.717, 1.165) is 6.42 Å². The van der Waals surface area contributed by atoms with Crippen molar-refractivity contribution in [3.05, 3.63) is 27.7 Å². The fraction of sp³-hybridized carbons (Fsp3) is 0.357. The smallest absolute Gasteiger partial charge is 0.291 e. The summed E-state index contributed by atoms with van der Waals surface area (Å²) < 4.78 is 36.0. The number of hydrogen-bond acceptors (Lipinski definition) is 6. The number of anilines is 1. The highest BCUT2D eigenvalue weighted by Gasteiger charge is 2.18. The van der Waals surface area contributed by atoms with E-state index in [1.807, 2.05) is 0 Å². The van der Waals surface area contributed by atoms with Gasteiger partial charge in [0.15, 0.2) is 16.5 Å². The second kappa shape index (κ2) is 7.27. The molecule has 1 aliphatic rings. The quantitative estimate of drug-likeness (QED) is 0.885. The van der Waals surface area contributed by atoms with Gasteiger partial charge in [-0.3, -0.25) is 4.79 Å². The molecule has 128 valence electrons. The van der Waals surface area contributed by atoms with Crippen molar-refractivity contribution in [2.75, 3.05) is 18.5 Å². The monoisotopic (exact) mass is 375 g/mol. The van der Waals surface area contributed by atoms with Crippen LogP contribution in [-0.2, 0) is 11.2 Å². The lowest BCUT2D eigenvalue weighted by Crippen LogP contribution is -2.14. The molecule has 1 aromatic heterocycles. The molecule has 0 radical (unpaired) electrons. The van der Waals surface area contributed by atoms with E-state index < -0.39 is 17.3 Å². The van der Waals surface area contributed by atoms with Crippen LogP contribution in [0.3, 0.4) is 0 Å². The molecule has 6 nitrogen and oxygen atoms in total. The molecule has 0 saturated carbocycles. The first-order chi connectivity index (χ1) is 11.5. The Balaban J connectivity index is 1.69. The fourth-order valence-electron chi connectivity index (χ4n) is 2.11. The van der Waals surface area contributed by atoms with E-state index in [4.69, 9.17) is 21.1 Å². The highest BCUT2D eigenvalue weighted by Crippen LogP contribution is 2.38. The lowest BCUT2D eigenvalue weighted by atomic mass is 10.1. The van der Waals surface area contributed by atoms with Crippen LogP contribution in [0.2, 0.25) is 5.02 Å². The van der Waals surface area contributed by atoms with Gasteiger partial charge < -0.3 is 14.8 Å². The van der Waals surface area contributed by atoms with Crippen molar-refractivity contribution in [3.63, 3.8) is 0 Å². The predicted octanol–water partition coefficient (Wildman–Crippen LogP) is 3.47. The van der Waals surface area contributed by atoms with Gasteiger partial charge in [-0.05, 0) is 17.7 Å². The molecule has 0 spiro atoms. The maximum atomic E-state index is 12.5. The first kappa shape index (κ1) is 16.8. The Bertz CT molecular complexity index is 757. The van der Waals surface area contributed by atoms with Gasteiger partial charge in [-0.2, -0.15) is 0 Å². The van der Waals surface area contributed by atoms with E-state index in [9.17, 15) is 13.6 Å². The van der Waals surface area contributed by atoms with Crippen molar-refractivity contribution < 1.29 is 23.0 Å². The van der Waals surface area contributed by atoms with Crippen molar-refractivity contribution in [2.24, 2.45) is 0 Å². The van der Waals surface area contributed by atoms with E-state index in [1.165, 1.54) is 0 Å². The summed E-state index contributed by atoms with van der Waals surface area (Å²) in [5, 5.41) is 9.18.